The Morgan fingerprint density at radius 2 is 2.00 bits per heavy atom. The van der Waals surface area contributed by atoms with Gasteiger partial charge in [0.1, 0.15) is 0 Å². The molecular formula is C11H13NO4. The van der Waals surface area contributed by atoms with Gasteiger partial charge in [-0.2, -0.15) is 0 Å². The quantitative estimate of drug-likeness (QED) is 0.482. The van der Waals surface area contributed by atoms with Crippen molar-refractivity contribution in [2.75, 3.05) is 6.61 Å². The van der Waals surface area contributed by atoms with Crippen LogP contribution in [0, 0.1) is 0 Å². The molecule has 0 heterocycles. The highest BCUT2D eigenvalue weighted by Crippen LogP contribution is 2.12. The maximum absolute atomic E-state index is 10.6. The Morgan fingerprint density at radius 1 is 1.38 bits per heavy atom. The zero-order chi connectivity index (χ0) is 12.0. The molecule has 0 aromatic heterocycles. The molecule has 1 N–H and O–H groups in total. The maximum atomic E-state index is 10.6. The van der Waals surface area contributed by atoms with E-state index in [2.05, 4.69) is 5.16 Å². The van der Waals surface area contributed by atoms with E-state index < -0.39 is 5.97 Å². The van der Waals surface area contributed by atoms with Gasteiger partial charge in [0, 0.05) is 6.92 Å². The maximum Gasteiger partial charge on any atom is 0.335 e. The number of carboxylic acid groups (broad SMARTS) is 1. The monoisotopic (exact) mass is 223 g/mol. The third-order valence-corrected chi connectivity index (χ3v) is 1.73. The minimum Gasteiger partial charge on any atom is -0.479 e. The smallest absolute Gasteiger partial charge is 0.335 e. The minimum absolute atomic E-state index is 0.206. The van der Waals surface area contributed by atoms with E-state index in [1.807, 2.05) is 6.92 Å². The lowest BCUT2D eigenvalue weighted by molar-refractivity contribution is 0.0697. The zero-order valence-electron chi connectivity index (χ0n) is 9.14. The summed E-state index contributed by atoms with van der Waals surface area (Å²) in [5.74, 6) is -0.0885. The van der Waals surface area contributed by atoms with Crippen LogP contribution in [0.3, 0.4) is 0 Å². The van der Waals surface area contributed by atoms with Crippen LogP contribution in [0.2, 0.25) is 0 Å². The van der Waals surface area contributed by atoms with Crippen LogP contribution in [0.4, 0.5) is 0 Å². The molecule has 0 amide bonds. The third-order valence-electron chi connectivity index (χ3n) is 1.73. The standard InChI is InChI=1S/C11H13NO4/c1-3-15-8(2)12-16-10-6-4-9(5-7-10)11(13)14/h4-7H,3H2,1-2H3,(H,13,14)/b12-8-. The van der Waals surface area contributed by atoms with E-state index in [0.29, 0.717) is 18.3 Å². The van der Waals surface area contributed by atoms with Crippen LogP contribution in [0.15, 0.2) is 29.4 Å². The van der Waals surface area contributed by atoms with E-state index in [1.165, 1.54) is 24.3 Å². The zero-order valence-corrected chi connectivity index (χ0v) is 9.14. The largest absolute Gasteiger partial charge is 0.479 e. The van der Waals surface area contributed by atoms with Crippen LogP contribution < -0.4 is 4.84 Å². The van der Waals surface area contributed by atoms with E-state index in [-0.39, 0.29) is 5.56 Å². The lowest BCUT2D eigenvalue weighted by Crippen LogP contribution is -2.01. The average molecular weight is 223 g/mol. The highest BCUT2D eigenvalue weighted by atomic mass is 16.6. The van der Waals surface area contributed by atoms with Gasteiger partial charge in [0.15, 0.2) is 5.75 Å². The number of nitrogens with zero attached hydrogens (tertiary/aromatic N) is 1. The predicted octanol–water partition coefficient (Wildman–Crippen LogP) is 2.13. The van der Waals surface area contributed by atoms with Gasteiger partial charge in [0.05, 0.1) is 12.2 Å². The lowest BCUT2D eigenvalue weighted by atomic mass is 10.2. The summed E-state index contributed by atoms with van der Waals surface area (Å²) in [7, 11) is 0. The normalized spacial score (nSPS) is 11.0. The van der Waals surface area contributed by atoms with E-state index in [0.717, 1.165) is 0 Å². The number of oxime groups is 1. The van der Waals surface area contributed by atoms with Gasteiger partial charge in [-0.1, -0.05) is 0 Å². The summed E-state index contributed by atoms with van der Waals surface area (Å²) in [6, 6.07) is 5.96. The molecule has 0 bridgehead atoms. The molecule has 1 aromatic carbocycles. The summed E-state index contributed by atoms with van der Waals surface area (Å²) in [6.07, 6.45) is 0. The van der Waals surface area contributed by atoms with Gasteiger partial charge in [0.2, 0.25) is 5.90 Å². The molecule has 86 valence electrons. The number of ether oxygens (including phenoxy) is 1. The third kappa shape index (κ3) is 3.61. The first-order chi connectivity index (χ1) is 7.63. The summed E-state index contributed by atoms with van der Waals surface area (Å²) in [5.41, 5.74) is 0.206. The molecule has 0 fully saturated rings. The summed E-state index contributed by atoms with van der Waals surface area (Å²) in [4.78, 5) is 15.6. The Balaban J connectivity index is 2.62. The van der Waals surface area contributed by atoms with E-state index in [4.69, 9.17) is 14.7 Å². The van der Waals surface area contributed by atoms with Crippen molar-refractivity contribution in [3.8, 4) is 5.75 Å². The van der Waals surface area contributed by atoms with Gasteiger partial charge in [-0.05, 0) is 36.3 Å². The highest BCUT2D eigenvalue weighted by Gasteiger charge is 2.02. The molecule has 5 nitrogen and oxygen atoms in total. The van der Waals surface area contributed by atoms with Crippen LogP contribution in [0.1, 0.15) is 24.2 Å². The summed E-state index contributed by atoms with van der Waals surface area (Å²) >= 11 is 0. The Hall–Kier alpha value is -2.04. The fraction of sp³-hybridized carbons (Fsp3) is 0.273. The molecule has 0 saturated carbocycles. The second-order valence-electron chi connectivity index (χ2n) is 2.96. The van der Waals surface area contributed by atoms with Crippen molar-refractivity contribution < 1.29 is 19.5 Å². The van der Waals surface area contributed by atoms with Gasteiger partial charge in [-0.15, -0.1) is 0 Å². The molecule has 0 saturated heterocycles. The predicted molar refractivity (Wildman–Crippen MR) is 58.8 cm³/mol. The molecule has 0 aliphatic rings. The molecule has 0 aliphatic carbocycles. The van der Waals surface area contributed by atoms with Crippen molar-refractivity contribution in [2.24, 2.45) is 5.16 Å². The molecule has 5 heteroatoms. The molecule has 0 aliphatic heterocycles. The highest BCUT2D eigenvalue weighted by molar-refractivity contribution is 5.87. The number of hydrogen-bond donors (Lipinski definition) is 1. The second kappa shape index (κ2) is 5.75. The summed E-state index contributed by atoms with van der Waals surface area (Å²) in [5, 5.41) is 12.4. The number of carbonyl (C=O) groups is 1. The Labute approximate surface area is 93.3 Å². The van der Waals surface area contributed by atoms with Gasteiger partial charge >= 0.3 is 5.97 Å². The molecule has 0 atom stereocenters. The van der Waals surface area contributed by atoms with E-state index in [1.54, 1.807) is 6.92 Å². The minimum atomic E-state index is -0.972. The SMILES string of the molecule is CCO/C(C)=N\Oc1ccc(C(=O)O)cc1. The lowest BCUT2D eigenvalue weighted by Gasteiger charge is -2.02. The van der Waals surface area contributed by atoms with Crippen LogP contribution in [-0.4, -0.2) is 23.6 Å². The number of benzene rings is 1. The number of carboxylic acids is 1. The van der Waals surface area contributed by atoms with Crippen molar-refractivity contribution in [1.82, 2.24) is 0 Å². The van der Waals surface area contributed by atoms with Crippen molar-refractivity contribution in [3.63, 3.8) is 0 Å². The molecule has 0 radical (unpaired) electrons. The Kier molecular flexibility index (Phi) is 4.32. The van der Waals surface area contributed by atoms with Gasteiger partial charge < -0.3 is 14.7 Å². The van der Waals surface area contributed by atoms with Crippen LogP contribution in [0.25, 0.3) is 0 Å². The topological polar surface area (TPSA) is 68.1 Å². The van der Waals surface area contributed by atoms with Crippen molar-refractivity contribution in [1.29, 1.82) is 0 Å². The van der Waals surface area contributed by atoms with Gasteiger partial charge in [0.25, 0.3) is 0 Å². The number of hydrogen-bond acceptors (Lipinski definition) is 4. The number of aromatic carboxylic acids is 1. The van der Waals surface area contributed by atoms with Gasteiger partial charge in [-0.3, -0.25) is 0 Å². The van der Waals surface area contributed by atoms with Crippen LogP contribution in [0.5, 0.6) is 5.75 Å². The summed E-state index contributed by atoms with van der Waals surface area (Å²) in [6.45, 7) is 4.05. The number of rotatable bonds is 4. The van der Waals surface area contributed by atoms with Crippen LogP contribution in [-0.2, 0) is 4.74 Å². The van der Waals surface area contributed by atoms with Crippen molar-refractivity contribution >= 4 is 11.9 Å². The van der Waals surface area contributed by atoms with Crippen molar-refractivity contribution in [2.45, 2.75) is 13.8 Å². The van der Waals surface area contributed by atoms with Gasteiger partial charge in [-0.25, -0.2) is 4.79 Å². The second-order valence-corrected chi connectivity index (χ2v) is 2.96. The van der Waals surface area contributed by atoms with E-state index >= 15 is 0 Å². The molecule has 1 aromatic rings. The molecule has 0 unspecified atom stereocenters. The molecule has 16 heavy (non-hydrogen) atoms. The van der Waals surface area contributed by atoms with Crippen LogP contribution >= 0.6 is 0 Å². The fourth-order valence-electron chi connectivity index (χ4n) is 1.01. The molecular weight excluding hydrogens is 210 g/mol. The first-order valence-corrected chi connectivity index (χ1v) is 4.81. The Bertz CT molecular complexity index is 383. The fourth-order valence-corrected chi connectivity index (χ4v) is 1.01. The molecule has 0 spiro atoms. The molecule has 1 rings (SSSR count). The summed E-state index contributed by atoms with van der Waals surface area (Å²) < 4.78 is 5.06. The first kappa shape index (κ1) is 12.0. The van der Waals surface area contributed by atoms with Crippen molar-refractivity contribution in [3.05, 3.63) is 29.8 Å². The van der Waals surface area contributed by atoms with E-state index in [9.17, 15) is 4.79 Å². The first-order valence-electron chi connectivity index (χ1n) is 4.81. The Morgan fingerprint density at radius 3 is 2.50 bits per heavy atom. The average Bonchev–Trinajstić information content (AvgIpc) is 2.27.